The molecular weight excluding hydrogens is 251 g/mol. The molecule has 0 aliphatic carbocycles. The predicted octanol–water partition coefficient (Wildman–Crippen LogP) is 4.18. The van der Waals surface area contributed by atoms with Gasteiger partial charge in [0.05, 0.1) is 0 Å². The molecule has 0 aliphatic rings. The summed E-state index contributed by atoms with van der Waals surface area (Å²) < 4.78 is 37.6. The van der Waals surface area contributed by atoms with E-state index in [1.807, 2.05) is 30.3 Å². The van der Waals surface area contributed by atoms with Gasteiger partial charge in [0.2, 0.25) is 0 Å². The van der Waals surface area contributed by atoms with Crippen LogP contribution >= 0.6 is 0 Å². The average molecular weight is 269 g/mol. The van der Waals surface area contributed by atoms with Crippen LogP contribution in [0, 0.1) is 0 Å². The van der Waals surface area contributed by atoms with Crippen molar-refractivity contribution in [3.63, 3.8) is 0 Å². The quantitative estimate of drug-likeness (QED) is 0.671. The zero-order valence-electron chi connectivity index (χ0n) is 10.8. The molecule has 0 saturated carbocycles. The van der Waals surface area contributed by atoms with Crippen molar-refractivity contribution in [2.45, 2.75) is 19.1 Å². The molecule has 19 heavy (non-hydrogen) atoms. The number of rotatable bonds is 7. The van der Waals surface area contributed by atoms with Crippen molar-refractivity contribution in [3.05, 3.63) is 60.7 Å². The van der Waals surface area contributed by atoms with E-state index >= 15 is 0 Å². The van der Waals surface area contributed by atoms with Crippen molar-refractivity contribution in [1.29, 1.82) is 0 Å². The normalized spacial score (nSPS) is 11.6. The first-order valence-corrected chi connectivity index (χ1v) is 6.05. The second-order valence-electron chi connectivity index (χ2n) is 4.37. The van der Waals surface area contributed by atoms with E-state index in [9.17, 15) is 13.2 Å². The van der Waals surface area contributed by atoms with Gasteiger partial charge in [-0.2, -0.15) is 13.2 Å². The van der Waals surface area contributed by atoms with E-state index in [1.54, 1.807) is 11.0 Å². The first-order valence-electron chi connectivity index (χ1n) is 6.05. The minimum Gasteiger partial charge on any atom is -0.295 e. The third-order valence-electron chi connectivity index (χ3n) is 2.71. The molecule has 0 aliphatic heterocycles. The lowest BCUT2D eigenvalue weighted by molar-refractivity contribution is -0.0955. The van der Waals surface area contributed by atoms with Crippen LogP contribution in [0.25, 0.3) is 0 Å². The summed E-state index contributed by atoms with van der Waals surface area (Å²) in [6.45, 7) is 7.56. The fraction of sp³-hybridized carbons (Fsp3) is 0.333. The third kappa shape index (κ3) is 5.75. The van der Waals surface area contributed by atoms with Crippen molar-refractivity contribution in [1.82, 2.24) is 4.90 Å². The third-order valence-corrected chi connectivity index (χ3v) is 2.71. The Bertz CT molecular complexity index is 409. The number of benzene rings is 1. The Morgan fingerprint density at radius 3 is 2.37 bits per heavy atom. The SMILES string of the molecule is C=CCCN(CC(=C)C(F)(F)F)Cc1ccccc1. The van der Waals surface area contributed by atoms with Gasteiger partial charge >= 0.3 is 6.18 Å². The number of hydrogen-bond acceptors (Lipinski definition) is 1. The summed E-state index contributed by atoms with van der Waals surface area (Å²) in [5.74, 6) is 0. The molecule has 0 spiro atoms. The van der Waals surface area contributed by atoms with Crippen molar-refractivity contribution in [2.75, 3.05) is 13.1 Å². The number of alkyl halides is 3. The van der Waals surface area contributed by atoms with Crippen LogP contribution in [0.15, 0.2) is 55.1 Å². The molecule has 104 valence electrons. The maximum absolute atomic E-state index is 12.5. The molecule has 0 aromatic heterocycles. The van der Waals surface area contributed by atoms with Gasteiger partial charge in [-0.15, -0.1) is 6.58 Å². The molecule has 0 amide bonds. The lowest BCUT2D eigenvalue weighted by Crippen LogP contribution is -2.30. The number of hydrogen-bond donors (Lipinski definition) is 0. The predicted molar refractivity (Wildman–Crippen MR) is 71.7 cm³/mol. The van der Waals surface area contributed by atoms with E-state index in [2.05, 4.69) is 13.2 Å². The second kappa shape index (κ2) is 7.14. The highest BCUT2D eigenvalue weighted by atomic mass is 19.4. The minimum absolute atomic E-state index is 0.174. The summed E-state index contributed by atoms with van der Waals surface area (Å²) in [4.78, 5) is 1.73. The van der Waals surface area contributed by atoms with Crippen LogP contribution in [-0.4, -0.2) is 24.2 Å². The number of nitrogens with zero attached hydrogens (tertiary/aromatic N) is 1. The van der Waals surface area contributed by atoms with Crippen molar-refractivity contribution in [3.8, 4) is 0 Å². The molecule has 1 aromatic carbocycles. The van der Waals surface area contributed by atoms with E-state index in [0.29, 0.717) is 19.5 Å². The Morgan fingerprint density at radius 1 is 1.21 bits per heavy atom. The number of halogens is 3. The smallest absolute Gasteiger partial charge is 0.295 e. The van der Waals surface area contributed by atoms with E-state index in [0.717, 1.165) is 5.56 Å². The first-order chi connectivity index (χ1) is 8.93. The van der Waals surface area contributed by atoms with Crippen LogP contribution in [0.2, 0.25) is 0 Å². The Balaban J connectivity index is 2.66. The molecule has 1 nitrogen and oxygen atoms in total. The van der Waals surface area contributed by atoms with Gasteiger partial charge in [0.1, 0.15) is 0 Å². The highest BCUT2D eigenvalue weighted by molar-refractivity contribution is 5.15. The van der Waals surface area contributed by atoms with E-state index in [1.165, 1.54) is 0 Å². The zero-order valence-corrected chi connectivity index (χ0v) is 10.8. The average Bonchev–Trinajstić information content (AvgIpc) is 2.36. The summed E-state index contributed by atoms with van der Waals surface area (Å²) in [6.07, 6.45) is -1.98. The molecule has 0 unspecified atom stereocenters. The van der Waals surface area contributed by atoms with Gasteiger partial charge in [-0.05, 0) is 12.0 Å². The van der Waals surface area contributed by atoms with Crippen molar-refractivity contribution < 1.29 is 13.2 Å². The molecule has 1 aromatic rings. The maximum atomic E-state index is 12.5. The summed E-state index contributed by atoms with van der Waals surface area (Å²) in [5, 5.41) is 0. The van der Waals surface area contributed by atoms with Crippen LogP contribution in [0.4, 0.5) is 13.2 Å². The van der Waals surface area contributed by atoms with Crippen LogP contribution in [0.5, 0.6) is 0 Å². The molecule has 0 fully saturated rings. The molecule has 0 saturated heterocycles. The standard InChI is InChI=1S/C15H18F3N/c1-3-4-10-19(11-13(2)15(16,17)18)12-14-8-6-5-7-9-14/h3,5-9H,1-2,4,10-12H2. The topological polar surface area (TPSA) is 3.24 Å². The van der Waals surface area contributed by atoms with Gasteiger partial charge in [0.15, 0.2) is 0 Å². The first kappa shape index (κ1) is 15.5. The zero-order chi connectivity index (χ0) is 14.3. The Kier molecular flexibility index (Phi) is 5.83. The summed E-state index contributed by atoms with van der Waals surface area (Å²) in [7, 11) is 0. The van der Waals surface area contributed by atoms with Crippen LogP contribution < -0.4 is 0 Å². The van der Waals surface area contributed by atoms with Gasteiger partial charge < -0.3 is 0 Å². The molecule has 1 rings (SSSR count). The lowest BCUT2D eigenvalue weighted by Gasteiger charge is -2.23. The van der Waals surface area contributed by atoms with E-state index in [-0.39, 0.29) is 6.54 Å². The van der Waals surface area contributed by atoms with E-state index < -0.39 is 11.7 Å². The van der Waals surface area contributed by atoms with Crippen LogP contribution in [-0.2, 0) is 6.54 Å². The molecule has 0 heterocycles. The highest BCUT2D eigenvalue weighted by Crippen LogP contribution is 2.25. The lowest BCUT2D eigenvalue weighted by atomic mass is 10.2. The summed E-state index contributed by atoms with van der Waals surface area (Å²) in [5.41, 5.74) is 0.272. The maximum Gasteiger partial charge on any atom is 0.413 e. The monoisotopic (exact) mass is 269 g/mol. The summed E-state index contributed by atoms with van der Waals surface area (Å²) in [6, 6.07) is 9.43. The minimum atomic E-state index is -4.33. The van der Waals surface area contributed by atoms with Gasteiger partial charge in [-0.25, -0.2) is 0 Å². The Morgan fingerprint density at radius 2 is 1.84 bits per heavy atom. The van der Waals surface area contributed by atoms with Gasteiger partial charge in [0.25, 0.3) is 0 Å². The molecule has 0 N–H and O–H groups in total. The molecule has 0 atom stereocenters. The molecule has 0 bridgehead atoms. The van der Waals surface area contributed by atoms with Gasteiger partial charge in [-0.1, -0.05) is 43.0 Å². The Labute approximate surface area is 112 Å². The van der Waals surface area contributed by atoms with Crippen LogP contribution in [0.3, 0.4) is 0 Å². The van der Waals surface area contributed by atoms with Crippen molar-refractivity contribution in [2.24, 2.45) is 0 Å². The molecular formula is C15H18F3N. The second-order valence-corrected chi connectivity index (χ2v) is 4.37. The molecule has 4 heteroatoms. The summed E-state index contributed by atoms with van der Waals surface area (Å²) >= 11 is 0. The van der Waals surface area contributed by atoms with Crippen molar-refractivity contribution >= 4 is 0 Å². The highest BCUT2D eigenvalue weighted by Gasteiger charge is 2.32. The Hall–Kier alpha value is -1.55. The van der Waals surface area contributed by atoms with Crippen LogP contribution in [0.1, 0.15) is 12.0 Å². The van der Waals surface area contributed by atoms with Gasteiger partial charge in [-0.3, -0.25) is 4.90 Å². The van der Waals surface area contributed by atoms with E-state index in [4.69, 9.17) is 0 Å². The van der Waals surface area contributed by atoms with Gasteiger partial charge in [0, 0.05) is 25.2 Å². The fourth-order valence-electron chi connectivity index (χ4n) is 1.69. The molecule has 0 radical (unpaired) electrons. The fourth-order valence-corrected chi connectivity index (χ4v) is 1.69. The largest absolute Gasteiger partial charge is 0.413 e.